The fourth-order valence-corrected chi connectivity index (χ4v) is 3.10. The highest BCUT2D eigenvalue weighted by Gasteiger charge is 2.12. The molecule has 21 heavy (non-hydrogen) atoms. The summed E-state index contributed by atoms with van der Waals surface area (Å²) in [5.41, 5.74) is 1.92. The van der Waals surface area contributed by atoms with E-state index in [1.165, 1.54) is 18.3 Å². The second-order valence-corrected chi connectivity index (χ2v) is 6.63. The summed E-state index contributed by atoms with van der Waals surface area (Å²) in [7, 11) is -4.25. The van der Waals surface area contributed by atoms with Gasteiger partial charge in [-0.1, -0.05) is 6.07 Å². The van der Waals surface area contributed by atoms with Crippen LogP contribution < -0.4 is 0 Å². The first-order valence-electron chi connectivity index (χ1n) is 5.98. The molecule has 1 N–H and O–H groups in total. The summed E-state index contributed by atoms with van der Waals surface area (Å²) in [6.45, 7) is 0. The van der Waals surface area contributed by atoms with Crippen LogP contribution in [0.5, 0.6) is 0 Å². The van der Waals surface area contributed by atoms with Crippen LogP contribution >= 0.6 is 11.3 Å². The molecule has 0 fully saturated rings. The van der Waals surface area contributed by atoms with Gasteiger partial charge in [0.25, 0.3) is 10.1 Å². The average Bonchev–Trinajstić information content (AvgIpc) is 3.01. The zero-order chi connectivity index (χ0) is 14.9. The molecule has 106 valence electrons. The van der Waals surface area contributed by atoms with Gasteiger partial charge in [-0.2, -0.15) is 8.42 Å². The summed E-state index contributed by atoms with van der Waals surface area (Å²) in [5, 5.41) is 1.98. The fraction of sp³-hybridized carbons (Fsp3) is 0. The molecule has 3 aromatic rings. The van der Waals surface area contributed by atoms with Crippen LogP contribution in [0.4, 0.5) is 0 Å². The van der Waals surface area contributed by atoms with E-state index in [0.29, 0.717) is 11.4 Å². The smallest absolute Gasteiger partial charge is 0.282 e. The van der Waals surface area contributed by atoms with Gasteiger partial charge in [0.1, 0.15) is 0 Å². The third-order valence-corrected chi connectivity index (χ3v) is 4.63. The zero-order valence-electron chi connectivity index (χ0n) is 10.7. The predicted molar refractivity (Wildman–Crippen MR) is 80.6 cm³/mol. The first-order chi connectivity index (χ1) is 10.0. The fourth-order valence-electron chi connectivity index (χ4n) is 1.88. The molecule has 0 unspecified atom stereocenters. The number of aromatic nitrogens is 2. The molecule has 0 aliphatic carbocycles. The van der Waals surface area contributed by atoms with E-state index >= 15 is 0 Å². The molecule has 0 radical (unpaired) electrons. The van der Waals surface area contributed by atoms with Crippen LogP contribution in [0.1, 0.15) is 0 Å². The molecule has 3 rings (SSSR count). The molecule has 0 aliphatic heterocycles. The Morgan fingerprint density at radius 1 is 1.00 bits per heavy atom. The van der Waals surface area contributed by atoms with Gasteiger partial charge in [0, 0.05) is 17.3 Å². The second-order valence-electron chi connectivity index (χ2n) is 4.26. The minimum atomic E-state index is -4.25. The van der Waals surface area contributed by atoms with Crippen molar-refractivity contribution in [3.05, 3.63) is 54.2 Å². The molecular weight excluding hydrogens is 308 g/mol. The van der Waals surface area contributed by atoms with Gasteiger partial charge in [-0.15, -0.1) is 11.3 Å². The van der Waals surface area contributed by atoms with E-state index < -0.39 is 10.1 Å². The monoisotopic (exact) mass is 318 g/mol. The number of nitrogens with zero attached hydrogens (tertiary/aromatic N) is 2. The van der Waals surface area contributed by atoms with Gasteiger partial charge < -0.3 is 0 Å². The summed E-state index contributed by atoms with van der Waals surface area (Å²) in [6.07, 6.45) is 2.98. The van der Waals surface area contributed by atoms with Gasteiger partial charge in [-0.05, 0) is 41.3 Å². The Labute approximate surface area is 125 Å². The summed E-state index contributed by atoms with van der Waals surface area (Å²) < 4.78 is 31.4. The molecular formula is C14H10N2O3S2. The van der Waals surface area contributed by atoms with Crippen LogP contribution in [0.25, 0.3) is 21.8 Å². The Bertz CT molecular complexity index is 875. The Balaban J connectivity index is 2.07. The zero-order valence-corrected chi connectivity index (χ0v) is 12.3. The SMILES string of the molecule is O=S(=O)(O)c1ccnc(-c2cc(-c3cccs3)ccn2)c1. The molecule has 0 spiro atoms. The predicted octanol–water partition coefficient (Wildman–Crippen LogP) is 3.12. The van der Waals surface area contributed by atoms with Crippen molar-refractivity contribution in [1.82, 2.24) is 9.97 Å². The molecule has 0 aliphatic rings. The highest BCUT2D eigenvalue weighted by atomic mass is 32.2. The van der Waals surface area contributed by atoms with Crippen LogP contribution in [0.3, 0.4) is 0 Å². The third-order valence-electron chi connectivity index (χ3n) is 2.86. The van der Waals surface area contributed by atoms with E-state index in [1.54, 1.807) is 17.5 Å². The second kappa shape index (κ2) is 5.36. The highest BCUT2D eigenvalue weighted by molar-refractivity contribution is 7.85. The van der Waals surface area contributed by atoms with Crippen molar-refractivity contribution in [2.45, 2.75) is 4.90 Å². The highest BCUT2D eigenvalue weighted by Crippen LogP contribution is 2.27. The van der Waals surface area contributed by atoms with Gasteiger partial charge >= 0.3 is 0 Å². The molecule has 0 saturated heterocycles. The van der Waals surface area contributed by atoms with Crippen LogP contribution in [0.2, 0.25) is 0 Å². The first-order valence-corrected chi connectivity index (χ1v) is 8.30. The largest absolute Gasteiger partial charge is 0.294 e. The lowest BCUT2D eigenvalue weighted by atomic mass is 10.1. The van der Waals surface area contributed by atoms with E-state index in [0.717, 1.165) is 10.4 Å². The molecule has 7 heteroatoms. The molecule has 0 atom stereocenters. The third kappa shape index (κ3) is 2.99. The average molecular weight is 318 g/mol. The van der Waals surface area contributed by atoms with Crippen LogP contribution in [0.15, 0.2) is 59.1 Å². The van der Waals surface area contributed by atoms with Crippen molar-refractivity contribution in [1.29, 1.82) is 0 Å². The molecule has 0 bridgehead atoms. The number of thiophene rings is 1. The molecule has 0 aromatic carbocycles. The van der Waals surface area contributed by atoms with E-state index in [9.17, 15) is 8.42 Å². The molecule has 0 amide bonds. The minimum Gasteiger partial charge on any atom is -0.282 e. The summed E-state index contributed by atoms with van der Waals surface area (Å²) in [6, 6.07) is 10.2. The lowest BCUT2D eigenvalue weighted by molar-refractivity contribution is 0.483. The molecule has 3 heterocycles. The van der Waals surface area contributed by atoms with E-state index in [4.69, 9.17) is 4.55 Å². The van der Waals surface area contributed by atoms with Gasteiger partial charge in [-0.3, -0.25) is 14.5 Å². The van der Waals surface area contributed by atoms with Gasteiger partial charge in [0.2, 0.25) is 0 Å². The number of hydrogen-bond donors (Lipinski definition) is 1. The molecule has 0 saturated carbocycles. The normalized spacial score (nSPS) is 11.5. The van der Waals surface area contributed by atoms with Gasteiger partial charge in [-0.25, -0.2) is 0 Å². The summed E-state index contributed by atoms with van der Waals surface area (Å²) in [4.78, 5) is 9.21. The molecule has 3 aromatic heterocycles. The number of rotatable bonds is 3. The van der Waals surface area contributed by atoms with Crippen molar-refractivity contribution < 1.29 is 13.0 Å². The van der Waals surface area contributed by atoms with Crippen molar-refractivity contribution >= 4 is 21.5 Å². The van der Waals surface area contributed by atoms with Crippen molar-refractivity contribution in [3.63, 3.8) is 0 Å². The maximum Gasteiger partial charge on any atom is 0.294 e. The number of pyridine rings is 2. The van der Waals surface area contributed by atoms with Crippen LogP contribution in [-0.4, -0.2) is 22.9 Å². The van der Waals surface area contributed by atoms with E-state index in [1.807, 2.05) is 29.6 Å². The van der Waals surface area contributed by atoms with Crippen LogP contribution in [0, 0.1) is 0 Å². The summed E-state index contributed by atoms with van der Waals surface area (Å²) in [5.74, 6) is 0. The van der Waals surface area contributed by atoms with Gasteiger partial charge in [0.05, 0.1) is 16.3 Å². The number of hydrogen-bond acceptors (Lipinski definition) is 5. The summed E-state index contributed by atoms with van der Waals surface area (Å²) >= 11 is 1.60. The Morgan fingerprint density at radius 3 is 2.38 bits per heavy atom. The van der Waals surface area contributed by atoms with Crippen molar-refractivity contribution in [3.8, 4) is 21.8 Å². The first kappa shape index (κ1) is 13.9. The Morgan fingerprint density at radius 2 is 1.71 bits per heavy atom. The maximum atomic E-state index is 11.2. The lowest BCUT2D eigenvalue weighted by Gasteiger charge is -2.04. The minimum absolute atomic E-state index is 0.198. The Hall–Kier alpha value is -2.09. The van der Waals surface area contributed by atoms with Crippen molar-refractivity contribution in [2.24, 2.45) is 0 Å². The quantitative estimate of drug-likeness (QED) is 0.750. The molecule has 5 nitrogen and oxygen atoms in total. The van der Waals surface area contributed by atoms with Gasteiger partial charge in [0.15, 0.2) is 0 Å². The topological polar surface area (TPSA) is 80.2 Å². The van der Waals surface area contributed by atoms with Crippen molar-refractivity contribution in [2.75, 3.05) is 0 Å². The lowest BCUT2D eigenvalue weighted by Crippen LogP contribution is -1.99. The Kier molecular flexibility index (Phi) is 3.54. The van der Waals surface area contributed by atoms with E-state index in [-0.39, 0.29) is 4.90 Å². The van der Waals surface area contributed by atoms with Crippen LogP contribution in [-0.2, 0) is 10.1 Å². The maximum absolute atomic E-state index is 11.2. The van der Waals surface area contributed by atoms with E-state index in [2.05, 4.69) is 9.97 Å². The standard InChI is InChI=1S/C14H10N2O3S2/c17-21(18,19)11-4-6-16-13(9-11)12-8-10(3-5-15-12)14-2-1-7-20-14/h1-9H,(H,17,18,19).